The van der Waals surface area contributed by atoms with Gasteiger partial charge in [0.15, 0.2) is 0 Å². The molecule has 0 N–H and O–H groups in total. The van der Waals surface area contributed by atoms with E-state index in [0.29, 0.717) is 0 Å². The first-order chi connectivity index (χ1) is 3.12. The van der Waals surface area contributed by atoms with Gasteiger partial charge >= 0.3 is 0 Å². The third-order valence-corrected chi connectivity index (χ3v) is 2.10. The summed E-state index contributed by atoms with van der Waals surface area (Å²) < 4.78 is 7.37. The summed E-state index contributed by atoms with van der Waals surface area (Å²) in [6, 6.07) is 0. The lowest BCUT2D eigenvalue weighted by Gasteiger charge is -2.57. The molecule has 3 aliphatic carbocycles. The molecule has 3 aliphatic rings. The fraction of sp³-hybridized carbons (Fsp3) is 1.00. The molecule has 3 saturated carbocycles. The number of hydrogen-bond acceptors (Lipinski definition) is 0. The maximum absolute atomic E-state index is 7.37. The summed E-state index contributed by atoms with van der Waals surface area (Å²) >= 11 is 5.84. The Bertz CT molecular complexity index is 89.5. The molecule has 0 atom stereocenters. The first kappa shape index (κ1) is 2.56. The van der Waals surface area contributed by atoms with Crippen LogP contribution in [-0.4, -0.2) is 4.87 Å². The number of rotatable bonds is 0. The van der Waals surface area contributed by atoms with Crippen molar-refractivity contribution in [3.63, 3.8) is 0 Å². The lowest BCUT2D eigenvalue weighted by molar-refractivity contribution is 0.0507. The molecule has 0 saturated heterocycles. The molecular formula is C5H7Cl. The molecule has 0 aromatic carbocycles. The molecule has 0 nitrogen and oxygen atoms in total. The molecule has 0 spiro atoms. The smallest absolute Gasteiger partial charge is 0.0454 e. The van der Waals surface area contributed by atoms with Crippen LogP contribution in [0.5, 0.6) is 0 Å². The summed E-state index contributed by atoms with van der Waals surface area (Å²) in [4.78, 5) is 0.113. The zero-order valence-corrected chi connectivity index (χ0v) is 4.26. The predicted molar refractivity (Wildman–Crippen MR) is 25.9 cm³/mol. The van der Waals surface area contributed by atoms with Crippen molar-refractivity contribution in [1.29, 1.82) is 0 Å². The second-order valence-electron chi connectivity index (χ2n) is 2.43. The molecule has 2 bridgehead atoms. The third kappa shape index (κ3) is 0.199. The molecule has 3 fully saturated rings. The average molecular weight is 104 g/mol. The molecule has 0 aromatic heterocycles. The highest BCUT2D eigenvalue weighted by Gasteiger charge is 2.55. The minimum atomic E-state index is -0.0538. The van der Waals surface area contributed by atoms with E-state index in [0.717, 1.165) is 19.3 Å². The lowest BCUT2D eigenvalue weighted by atomic mass is 9.55. The van der Waals surface area contributed by atoms with Crippen LogP contribution in [0.3, 0.4) is 0 Å². The molecule has 0 radical (unpaired) electrons. The monoisotopic (exact) mass is 103 g/mol. The van der Waals surface area contributed by atoms with E-state index < -0.39 is 0 Å². The van der Waals surface area contributed by atoms with Crippen molar-refractivity contribution in [2.24, 2.45) is 5.89 Å². The molecule has 34 valence electrons. The van der Waals surface area contributed by atoms with E-state index in [1.807, 2.05) is 0 Å². The van der Waals surface area contributed by atoms with Gasteiger partial charge in [-0.2, -0.15) is 0 Å². The van der Waals surface area contributed by atoms with E-state index in [1.54, 1.807) is 0 Å². The van der Waals surface area contributed by atoms with Crippen molar-refractivity contribution in [3.8, 4) is 0 Å². The van der Waals surface area contributed by atoms with Crippen LogP contribution >= 0.6 is 11.6 Å². The highest BCUT2D eigenvalue weighted by Crippen LogP contribution is 2.61. The Morgan fingerprint density at radius 3 is 2.17 bits per heavy atom. The van der Waals surface area contributed by atoms with E-state index in [-0.39, 0.29) is 10.8 Å². The highest BCUT2D eigenvalue weighted by molar-refractivity contribution is 6.25. The van der Waals surface area contributed by atoms with Gasteiger partial charge in [0.2, 0.25) is 0 Å². The number of alkyl halides is 1. The van der Waals surface area contributed by atoms with Gasteiger partial charge in [-0.15, -0.1) is 11.6 Å². The van der Waals surface area contributed by atoms with Gasteiger partial charge in [-0.1, -0.05) is 0 Å². The van der Waals surface area contributed by atoms with Gasteiger partial charge in [0.1, 0.15) is 0 Å². The zero-order valence-electron chi connectivity index (χ0n) is 4.50. The van der Waals surface area contributed by atoms with Crippen molar-refractivity contribution in [3.05, 3.63) is 0 Å². The summed E-state index contributed by atoms with van der Waals surface area (Å²) in [6.07, 6.45) is 2.84. The van der Waals surface area contributed by atoms with E-state index in [1.165, 1.54) is 0 Å². The Morgan fingerprint density at radius 2 is 2.17 bits per heavy atom. The van der Waals surface area contributed by atoms with Crippen LogP contribution in [0.15, 0.2) is 0 Å². The molecule has 0 aliphatic heterocycles. The number of hydrogen-bond donors (Lipinski definition) is 0. The Hall–Kier alpha value is 0.290. The average Bonchev–Trinajstić information content (AvgIpc) is 1.27. The molecule has 6 heavy (non-hydrogen) atoms. The van der Waals surface area contributed by atoms with Crippen molar-refractivity contribution in [1.82, 2.24) is 0 Å². The van der Waals surface area contributed by atoms with Gasteiger partial charge in [0, 0.05) is 6.24 Å². The van der Waals surface area contributed by atoms with Gasteiger partial charge in [0.25, 0.3) is 0 Å². The zero-order chi connectivity index (χ0) is 5.12. The van der Waals surface area contributed by atoms with Crippen LogP contribution in [0, 0.1) is 5.89 Å². The summed E-state index contributed by atoms with van der Waals surface area (Å²) in [7, 11) is 0. The van der Waals surface area contributed by atoms with Crippen molar-refractivity contribution in [2.45, 2.75) is 24.1 Å². The van der Waals surface area contributed by atoms with Gasteiger partial charge in [-0.3, -0.25) is 0 Å². The first-order valence-corrected chi connectivity index (χ1v) is 2.69. The standard InChI is InChI=1S/C5H7Cl/c6-5-1-4(2-5)3-5/h4H,1-3H2/i4D. The van der Waals surface area contributed by atoms with Crippen LogP contribution in [-0.2, 0) is 0 Å². The van der Waals surface area contributed by atoms with E-state index >= 15 is 0 Å². The fourth-order valence-electron chi connectivity index (χ4n) is 1.19. The van der Waals surface area contributed by atoms with Crippen molar-refractivity contribution in [2.75, 3.05) is 0 Å². The largest absolute Gasteiger partial charge is 0.119 e. The van der Waals surface area contributed by atoms with Gasteiger partial charge in [-0.25, -0.2) is 0 Å². The number of halogens is 1. The highest BCUT2D eigenvalue weighted by atomic mass is 35.5. The van der Waals surface area contributed by atoms with Crippen LogP contribution in [0.25, 0.3) is 0 Å². The topological polar surface area (TPSA) is 0 Å². The molecular weight excluding hydrogens is 95.5 g/mol. The summed E-state index contributed by atoms with van der Waals surface area (Å²) in [6.45, 7) is 0. The van der Waals surface area contributed by atoms with Crippen LogP contribution in [0.2, 0.25) is 0 Å². The molecule has 0 amide bonds. The van der Waals surface area contributed by atoms with Crippen LogP contribution < -0.4 is 0 Å². The fourth-order valence-corrected chi connectivity index (χ4v) is 1.76. The van der Waals surface area contributed by atoms with E-state index in [9.17, 15) is 0 Å². The Kier molecular flexibility index (Phi) is 0.275. The van der Waals surface area contributed by atoms with Gasteiger partial charge in [0.05, 0.1) is 0 Å². The molecule has 3 rings (SSSR count). The van der Waals surface area contributed by atoms with Crippen molar-refractivity contribution < 1.29 is 1.37 Å². The molecule has 0 unspecified atom stereocenters. The minimum Gasteiger partial charge on any atom is -0.119 e. The van der Waals surface area contributed by atoms with E-state index in [4.69, 9.17) is 13.0 Å². The van der Waals surface area contributed by atoms with Crippen LogP contribution in [0.4, 0.5) is 0 Å². The maximum Gasteiger partial charge on any atom is 0.0454 e. The SMILES string of the molecule is [2H]C12CC(Cl)(C1)C2. The summed E-state index contributed by atoms with van der Waals surface area (Å²) in [5.41, 5.74) is 0. The Labute approximate surface area is 43.9 Å². The van der Waals surface area contributed by atoms with E-state index in [2.05, 4.69) is 0 Å². The van der Waals surface area contributed by atoms with Gasteiger partial charge in [-0.05, 0) is 25.2 Å². The molecule has 0 heterocycles. The quantitative estimate of drug-likeness (QED) is 0.410. The molecule has 0 aromatic rings. The summed E-state index contributed by atoms with van der Waals surface area (Å²) in [5, 5.41) is 0. The Morgan fingerprint density at radius 1 is 1.67 bits per heavy atom. The first-order valence-electron chi connectivity index (χ1n) is 2.81. The normalized spacial score (nSPS) is 77.2. The second kappa shape index (κ2) is 0.645. The summed E-state index contributed by atoms with van der Waals surface area (Å²) in [5.74, 6) is -0.0538. The van der Waals surface area contributed by atoms with Crippen LogP contribution in [0.1, 0.15) is 20.6 Å². The van der Waals surface area contributed by atoms with Crippen molar-refractivity contribution >= 4 is 11.6 Å². The second-order valence-corrected chi connectivity index (χ2v) is 3.23. The van der Waals surface area contributed by atoms with Gasteiger partial charge < -0.3 is 0 Å². The molecule has 1 heteroatoms. The predicted octanol–water partition coefficient (Wildman–Crippen LogP) is 1.78. The Balaban J connectivity index is 2.16. The minimum absolute atomic E-state index is 0.0538. The third-order valence-electron chi connectivity index (χ3n) is 1.70. The lowest BCUT2D eigenvalue weighted by Crippen LogP contribution is -2.53. The maximum atomic E-state index is 7.37.